The molecule has 3 rings (SSSR count). The van der Waals surface area contributed by atoms with E-state index in [9.17, 15) is 4.79 Å². The van der Waals surface area contributed by atoms with E-state index in [4.69, 9.17) is 4.74 Å². The summed E-state index contributed by atoms with van der Waals surface area (Å²) in [6.07, 6.45) is 0. The first-order chi connectivity index (χ1) is 10.1. The van der Waals surface area contributed by atoms with Gasteiger partial charge in [-0.25, -0.2) is 0 Å². The van der Waals surface area contributed by atoms with Gasteiger partial charge in [-0.3, -0.25) is 4.79 Å². The molecule has 21 heavy (non-hydrogen) atoms. The van der Waals surface area contributed by atoms with Crippen LogP contribution < -0.4 is 10.1 Å². The Bertz CT molecular complexity index is 715. The van der Waals surface area contributed by atoms with Crippen LogP contribution in [0.25, 0.3) is 0 Å². The van der Waals surface area contributed by atoms with Gasteiger partial charge in [0.2, 0.25) is 0 Å². The van der Waals surface area contributed by atoms with Gasteiger partial charge in [0.25, 0.3) is 5.91 Å². The van der Waals surface area contributed by atoms with Gasteiger partial charge in [-0.2, -0.15) is 0 Å². The van der Waals surface area contributed by atoms with Crippen LogP contribution >= 0.6 is 31.9 Å². The molecule has 1 N–H and O–H groups in total. The van der Waals surface area contributed by atoms with Gasteiger partial charge in [0, 0.05) is 4.47 Å². The van der Waals surface area contributed by atoms with Gasteiger partial charge in [-0.1, -0.05) is 56.1 Å². The molecule has 1 amide bonds. The number of halogens is 2. The summed E-state index contributed by atoms with van der Waals surface area (Å²) in [6.45, 7) is 2.14. The normalized spacial score (nSPS) is 14.9. The molecule has 2 aromatic rings. The molecule has 2 aromatic carbocycles. The predicted octanol–water partition coefficient (Wildman–Crippen LogP) is 4.57. The van der Waals surface area contributed by atoms with Crippen molar-refractivity contribution in [2.75, 3.05) is 11.9 Å². The minimum atomic E-state index is -0.123. The number of carbonyl (C=O) groups excluding carboxylic acids is 1. The van der Waals surface area contributed by atoms with Crippen LogP contribution in [0.4, 0.5) is 5.69 Å². The van der Waals surface area contributed by atoms with Gasteiger partial charge in [-0.15, -0.1) is 0 Å². The molecule has 1 heterocycles. The summed E-state index contributed by atoms with van der Waals surface area (Å²) in [5, 5.41) is 2.84. The third-order valence-corrected chi connectivity index (χ3v) is 5.53. The minimum absolute atomic E-state index is 0.0379. The molecule has 1 unspecified atom stereocenters. The first-order valence-electron chi connectivity index (χ1n) is 6.52. The zero-order valence-corrected chi connectivity index (χ0v) is 14.5. The number of aryl methyl sites for hydroxylation is 1. The molecule has 0 aliphatic carbocycles. The Morgan fingerprint density at radius 2 is 2.10 bits per heavy atom. The Balaban J connectivity index is 1.98. The van der Waals surface area contributed by atoms with Gasteiger partial charge in [0.15, 0.2) is 6.61 Å². The molecule has 108 valence electrons. The van der Waals surface area contributed by atoms with Crippen LogP contribution in [0.1, 0.15) is 21.5 Å². The highest BCUT2D eigenvalue weighted by atomic mass is 79.9. The number of fused-ring (bicyclic) bond motifs is 1. The Labute approximate surface area is 140 Å². The van der Waals surface area contributed by atoms with Crippen LogP contribution in [0.15, 0.2) is 40.9 Å². The molecule has 0 saturated carbocycles. The van der Waals surface area contributed by atoms with Crippen LogP contribution in [0.5, 0.6) is 5.75 Å². The maximum Gasteiger partial charge on any atom is 0.262 e. The number of hydrogen-bond donors (Lipinski definition) is 1. The summed E-state index contributed by atoms with van der Waals surface area (Å²) in [7, 11) is 0. The number of alkyl halides is 1. The van der Waals surface area contributed by atoms with E-state index < -0.39 is 0 Å². The molecule has 5 heteroatoms. The molecule has 1 atom stereocenters. The lowest BCUT2D eigenvalue weighted by atomic mass is 10.0. The molecule has 1 aliphatic rings. The topological polar surface area (TPSA) is 38.3 Å². The largest absolute Gasteiger partial charge is 0.482 e. The lowest BCUT2D eigenvalue weighted by molar-refractivity contribution is -0.118. The van der Waals surface area contributed by atoms with E-state index in [1.807, 2.05) is 24.3 Å². The fraction of sp³-hybridized carbons (Fsp3) is 0.188. The minimum Gasteiger partial charge on any atom is -0.482 e. The van der Waals surface area contributed by atoms with E-state index in [2.05, 4.69) is 56.2 Å². The molecule has 0 aromatic heterocycles. The second kappa shape index (κ2) is 5.81. The van der Waals surface area contributed by atoms with Crippen molar-refractivity contribution in [3.8, 4) is 5.75 Å². The molecule has 0 saturated heterocycles. The van der Waals surface area contributed by atoms with Crippen molar-refractivity contribution < 1.29 is 9.53 Å². The van der Waals surface area contributed by atoms with E-state index in [0.29, 0.717) is 5.75 Å². The van der Waals surface area contributed by atoms with Gasteiger partial charge < -0.3 is 10.1 Å². The second-order valence-electron chi connectivity index (χ2n) is 4.93. The van der Waals surface area contributed by atoms with E-state index >= 15 is 0 Å². The van der Waals surface area contributed by atoms with Gasteiger partial charge >= 0.3 is 0 Å². The Morgan fingerprint density at radius 1 is 1.29 bits per heavy atom. The number of anilines is 1. The summed E-state index contributed by atoms with van der Waals surface area (Å²) < 4.78 is 6.47. The van der Waals surface area contributed by atoms with Gasteiger partial charge in [-0.05, 0) is 35.7 Å². The standard InChI is InChI=1S/C16H13Br2NO2/c1-9-3-2-4-11(15(9)17)16(18)10-5-6-13-12(7-10)19-14(20)8-21-13/h2-7,16H,8H2,1H3,(H,19,20). The molecular formula is C16H13Br2NO2. The van der Waals surface area contributed by atoms with Crippen molar-refractivity contribution in [3.63, 3.8) is 0 Å². The third kappa shape index (κ3) is 2.85. The van der Waals surface area contributed by atoms with E-state index in [1.54, 1.807) is 0 Å². The van der Waals surface area contributed by atoms with Crippen LogP contribution in [-0.4, -0.2) is 12.5 Å². The molecular weight excluding hydrogens is 398 g/mol. The zero-order valence-electron chi connectivity index (χ0n) is 11.3. The van der Waals surface area contributed by atoms with Crippen molar-refractivity contribution in [3.05, 3.63) is 57.6 Å². The Kier molecular flexibility index (Phi) is 4.04. The lowest BCUT2D eigenvalue weighted by Gasteiger charge is -2.20. The number of amides is 1. The molecule has 0 bridgehead atoms. The van der Waals surface area contributed by atoms with Crippen molar-refractivity contribution >= 4 is 43.5 Å². The fourth-order valence-electron chi connectivity index (χ4n) is 2.30. The smallest absolute Gasteiger partial charge is 0.262 e. The van der Waals surface area contributed by atoms with Crippen molar-refractivity contribution in [1.82, 2.24) is 0 Å². The predicted molar refractivity (Wildman–Crippen MR) is 90.2 cm³/mol. The van der Waals surface area contributed by atoms with E-state index in [0.717, 1.165) is 21.3 Å². The highest BCUT2D eigenvalue weighted by molar-refractivity contribution is 9.11. The van der Waals surface area contributed by atoms with Crippen LogP contribution in [-0.2, 0) is 4.79 Å². The van der Waals surface area contributed by atoms with E-state index in [-0.39, 0.29) is 17.3 Å². The SMILES string of the molecule is Cc1cccc(C(Br)c2ccc3c(c2)NC(=O)CO3)c1Br. The lowest BCUT2D eigenvalue weighted by Crippen LogP contribution is -2.25. The average Bonchev–Trinajstić information content (AvgIpc) is 2.48. The first-order valence-corrected chi connectivity index (χ1v) is 8.23. The average molecular weight is 411 g/mol. The summed E-state index contributed by atoms with van der Waals surface area (Å²) in [5.41, 5.74) is 4.12. The highest BCUT2D eigenvalue weighted by Crippen LogP contribution is 2.39. The summed E-state index contributed by atoms with van der Waals surface area (Å²) >= 11 is 7.38. The van der Waals surface area contributed by atoms with Crippen LogP contribution in [0, 0.1) is 6.92 Å². The first kappa shape index (κ1) is 14.6. The van der Waals surface area contributed by atoms with Crippen LogP contribution in [0.3, 0.4) is 0 Å². The maximum atomic E-state index is 11.4. The molecule has 0 radical (unpaired) electrons. The number of ether oxygens (including phenoxy) is 1. The van der Waals surface area contributed by atoms with Gasteiger partial charge in [0.05, 0.1) is 10.5 Å². The van der Waals surface area contributed by atoms with Gasteiger partial charge in [0.1, 0.15) is 5.75 Å². The van der Waals surface area contributed by atoms with Crippen molar-refractivity contribution in [1.29, 1.82) is 0 Å². The quantitative estimate of drug-likeness (QED) is 0.736. The molecule has 1 aliphatic heterocycles. The van der Waals surface area contributed by atoms with Crippen LogP contribution in [0.2, 0.25) is 0 Å². The summed E-state index contributed by atoms with van der Waals surface area (Å²) in [4.78, 5) is 11.5. The number of rotatable bonds is 2. The summed E-state index contributed by atoms with van der Waals surface area (Å²) in [5.74, 6) is 0.587. The number of hydrogen-bond acceptors (Lipinski definition) is 2. The highest BCUT2D eigenvalue weighted by Gasteiger charge is 2.20. The monoisotopic (exact) mass is 409 g/mol. The third-order valence-electron chi connectivity index (χ3n) is 3.42. The second-order valence-corrected chi connectivity index (χ2v) is 6.64. The molecule has 0 fully saturated rings. The number of nitrogens with one attached hydrogen (secondary N) is 1. The van der Waals surface area contributed by atoms with E-state index in [1.165, 1.54) is 5.56 Å². The Hall–Kier alpha value is -1.33. The summed E-state index contributed by atoms with van der Waals surface area (Å²) in [6, 6.07) is 12.0. The molecule has 3 nitrogen and oxygen atoms in total. The maximum absolute atomic E-state index is 11.4. The number of benzene rings is 2. The Morgan fingerprint density at radius 3 is 2.90 bits per heavy atom. The van der Waals surface area contributed by atoms with Crippen molar-refractivity contribution in [2.45, 2.75) is 11.8 Å². The fourth-order valence-corrected chi connectivity index (χ4v) is 3.77. The number of carbonyl (C=O) groups is 1. The molecule has 0 spiro atoms. The van der Waals surface area contributed by atoms with Crippen molar-refractivity contribution in [2.24, 2.45) is 0 Å². The zero-order chi connectivity index (χ0) is 15.0.